The van der Waals surface area contributed by atoms with Crippen LogP contribution in [0.3, 0.4) is 0 Å². The van der Waals surface area contributed by atoms with Gasteiger partial charge in [0.1, 0.15) is 24.2 Å². The summed E-state index contributed by atoms with van der Waals surface area (Å²) in [5.41, 5.74) is 5.48. The van der Waals surface area contributed by atoms with Crippen molar-refractivity contribution >= 4 is 29.7 Å². The summed E-state index contributed by atoms with van der Waals surface area (Å²) >= 11 is 0. The van der Waals surface area contributed by atoms with Crippen LogP contribution in [0, 0.1) is 5.92 Å². The third-order valence-corrected chi connectivity index (χ3v) is 4.86. The molecule has 0 aromatic heterocycles. The molecule has 170 valence electrons. The minimum atomic E-state index is -1.39. The molecule has 0 aromatic rings. The number of hydrogen-bond acceptors (Lipinski definition) is 7. The normalized spacial score (nSPS) is 19.1. The number of rotatable bonds is 11. The average Bonchev–Trinajstić information content (AvgIpc) is 3.17. The smallest absolute Gasteiger partial charge is 0.326 e. The lowest BCUT2D eigenvalue weighted by atomic mass is 10.0. The molecule has 1 heterocycles. The molecule has 30 heavy (non-hydrogen) atoms. The zero-order chi connectivity index (χ0) is 23.0. The molecule has 1 aliphatic heterocycles. The summed E-state index contributed by atoms with van der Waals surface area (Å²) < 4.78 is 0. The van der Waals surface area contributed by atoms with Crippen molar-refractivity contribution in [1.82, 2.24) is 15.5 Å². The van der Waals surface area contributed by atoms with E-state index in [4.69, 9.17) is 15.9 Å². The number of nitrogens with zero attached hydrogens (tertiary/aromatic N) is 1. The van der Waals surface area contributed by atoms with Crippen LogP contribution in [0.1, 0.15) is 39.5 Å². The lowest BCUT2D eigenvalue weighted by molar-refractivity contribution is -0.146. The summed E-state index contributed by atoms with van der Waals surface area (Å²) in [5.74, 6) is -4.81. The highest BCUT2D eigenvalue weighted by Gasteiger charge is 2.40. The molecule has 0 aromatic carbocycles. The lowest BCUT2D eigenvalue weighted by Gasteiger charge is -2.31. The molecule has 12 nitrogen and oxygen atoms in total. The van der Waals surface area contributed by atoms with Crippen LogP contribution in [-0.4, -0.2) is 87.2 Å². The third-order valence-electron chi connectivity index (χ3n) is 4.86. The van der Waals surface area contributed by atoms with Crippen LogP contribution in [-0.2, 0) is 24.0 Å². The second kappa shape index (κ2) is 11.5. The Kier molecular flexibility index (Phi) is 9.66. The molecule has 3 amide bonds. The summed E-state index contributed by atoms with van der Waals surface area (Å²) in [7, 11) is 0. The van der Waals surface area contributed by atoms with Crippen molar-refractivity contribution in [2.24, 2.45) is 11.7 Å². The fourth-order valence-corrected chi connectivity index (χ4v) is 3.13. The zero-order valence-corrected chi connectivity index (χ0v) is 17.0. The van der Waals surface area contributed by atoms with Gasteiger partial charge in [0.05, 0.1) is 6.61 Å². The average molecular weight is 430 g/mol. The van der Waals surface area contributed by atoms with Gasteiger partial charge in [-0.3, -0.25) is 19.2 Å². The Bertz CT molecular complexity index is 669. The minimum absolute atomic E-state index is 0.245. The Morgan fingerprint density at radius 3 is 2.27 bits per heavy atom. The van der Waals surface area contributed by atoms with Crippen LogP contribution < -0.4 is 16.4 Å². The van der Waals surface area contributed by atoms with Gasteiger partial charge in [0, 0.05) is 13.0 Å². The van der Waals surface area contributed by atoms with E-state index in [1.807, 2.05) is 0 Å². The first-order valence-corrected chi connectivity index (χ1v) is 9.71. The molecular weight excluding hydrogens is 400 g/mol. The number of aliphatic hydroxyl groups excluding tert-OH is 1. The molecule has 1 aliphatic rings. The number of aliphatic carboxylic acids is 2. The molecular formula is C18H30N4O8. The Hall–Kier alpha value is -2.73. The first-order valence-electron chi connectivity index (χ1n) is 9.71. The van der Waals surface area contributed by atoms with Gasteiger partial charge in [-0.25, -0.2) is 4.79 Å². The molecule has 12 heteroatoms. The van der Waals surface area contributed by atoms with E-state index in [2.05, 4.69) is 10.6 Å². The Morgan fingerprint density at radius 1 is 1.13 bits per heavy atom. The second-order valence-corrected chi connectivity index (χ2v) is 7.54. The number of amides is 3. The van der Waals surface area contributed by atoms with E-state index in [1.165, 1.54) is 4.90 Å². The van der Waals surface area contributed by atoms with Crippen LogP contribution in [0.5, 0.6) is 0 Å². The van der Waals surface area contributed by atoms with E-state index in [0.717, 1.165) is 0 Å². The van der Waals surface area contributed by atoms with E-state index in [9.17, 15) is 29.1 Å². The number of carboxylic acids is 2. The molecule has 0 saturated carbocycles. The van der Waals surface area contributed by atoms with Crippen molar-refractivity contribution < 1.29 is 39.3 Å². The molecule has 4 atom stereocenters. The van der Waals surface area contributed by atoms with Crippen LogP contribution in [0.15, 0.2) is 0 Å². The molecule has 7 N–H and O–H groups in total. The molecule has 0 bridgehead atoms. The van der Waals surface area contributed by atoms with E-state index >= 15 is 0 Å². The van der Waals surface area contributed by atoms with E-state index in [1.54, 1.807) is 13.8 Å². The maximum absolute atomic E-state index is 13.0. The first-order chi connectivity index (χ1) is 14.0. The van der Waals surface area contributed by atoms with Gasteiger partial charge in [0.2, 0.25) is 17.7 Å². The van der Waals surface area contributed by atoms with Gasteiger partial charge >= 0.3 is 11.9 Å². The van der Waals surface area contributed by atoms with Gasteiger partial charge < -0.3 is 36.6 Å². The van der Waals surface area contributed by atoms with Gasteiger partial charge in [0.15, 0.2) is 0 Å². The molecule has 4 unspecified atom stereocenters. The van der Waals surface area contributed by atoms with Crippen LogP contribution in [0.25, 0.3) is 0 Å². The molecule has 1 fully saturated rings. The molecule has 1 saturated heterocycles. The quantitative estimate of drug-likeness (QED) is 0.212. The maximum atomic E-state index is 13.0. The third kappa shape index (κ3) is 6.95. The Labute approximate surface area is 173 Å². The van der Waals surface area contributed by atoms with Gasteiger partial charge in [-0.15, -0.1) is 0 Å². The van der Waals surface area contributed by atoms with Gasteiger partial charge in [-0.05, 0) is 25.2 Å². The van der Waals surface area contributed by atoms with Crippen LogP contribution in [0.2, 0.25) is 0 Å². The van der Waals surface area contributed by atoms with Gasteiger partial charge in [0.25, 0.3) is 0 Å². The van der Waals surface area contributed by atoms with E-state index in [-0.39, 0.29) is 18.9 Å². The number of hydrogen-bond donors (Lipinski definition) is 6. The first kappa shape index (κ1) is 25.3. The minimum Gasteiger partial charge on any atom is -0.481 e. The number of carboxylic acid groups (broad SMARTS) is 2. The standard InChI is InChI=1S/C18H30N4O8/c1-9(2)14(21-15(26)10(19)8-23)17(28)22-7-3-4-12(22)16(27)20-11(18(29)30)5-6-13(24)25/h9-12,14,23H,3-8,19H2,1-2H3,(H,20,27)(H,21,26)(H,24,25)(H,29,30). The second-order valence-electron chi connectivity index (χ2n) is 7.54. The predicted octanol–water partition coefficient (Wildman–Crippen LogP) is -2.13. The fourth-order valence-electron chi connectivity index (χ4n) is 3.13. The highest BCUT2D eigenvalue weighted by Crippen LogP contribution is 2.21. The van der Waals surface area contributed by atoms with Crippen molar-refractivity contribution in [2.45, 2.75) is 63.7 Å². The largest absolute Gasteiger partial charge is 0.481 e. The maximum Gasteiger partial charge on any atom is 0.326 e. The predicted molar refractivity (Wildman–Crippen MR) is 103 cm³/mol. The lowest BCUT2D eigenvalue weighted by Crippen LogP contribution is -2.58. The van der Waals surface area contributed by atoms with Gasteiger partial charge in [-0.2, -0.15) is 0 Å². The van der Waals surface area contributed by atoms with Crippen molar-refractivity contribution in [2.75, 3.05) is 13.2 Å². The summed E-state index contributed by atoms with van der Waals surface area (Å²) in [6, 6.07) is -4.50. The van der Waals surface area contributed by atoms with Crippen molar-refractivity contribution in [1.29, 1.82) is 0 Å². The number of carbonyl (C=O) groups is 5. The summed E-state index contributed by atoms with van der Waals surface area (Å²) in [4.78, 5) is 60.9. The Balaban J connectivity index is 2.90. The van der Waals surface area contributed by atoms with E-state index < -0.39 is 66.9 Å². The van der Waals surface area contributed by atoms with E-state index in [0.29, 0.717) is 12.8 Å². The van der Waals surface area contributed by atoms with Crippen molar-refractivity contribution in [3.63, 3.8) is 0 Å². The van der Waals surface area contributed by atoms with Crippen molar-refractivity contribution in [3.8, 4) is 0 Å². The number of nitrogens with one attached hydrogen (secondary N) is 2. The van der Waals surface area contributed by atoms with Crippen molar-refractivity contribution in [3.05, 3.63) is 0 Å². The summed E-state index contributed by atoms with van der Waals surface area (Å²) in [6.07, 6.45) is 0.0846. The topological polar surface area (TPSA) is 199 Å². The fraction of sp³-hybridized carbons (Fsp3) is 0.722. The summed E-state index contributed by atoms with van der Waals surface area (Å²) in [5, 5.41) is 31.7. The van der Waals surface area contributed by atoms with Gasteiger partial charge in [-0.1, -0.05) is 13.8 Å². The highest BCUT2D eigenvalue weighted by molar-refractivity contribution is 5.94. The SMILES string of the molecule is CC(C)C(NC(=O)C(N)CO)C(=O)N1CCCC1C(=O)NC(CCC(=O)O)C(=O)O. The zero-order valence-electron chi connectivity index (χ0n) is 17.0. The highest BCUT2D eigenvalue weighted by atomic mass is 16.4. The molecule has 0 spiro atoms. The number of aliphatic hydroxyl groups is 1. The Morgan fingerprint density at radius 2 is 1.77 bits per heavy atom. The molecule has 0 radical (unpaired) electrons. The molecule has 0 aliphatic carbocycles. The monoisotopic (exact) mass is 430 g/mol. The van der Waals surface area contributed by atoms with Crippen LogP contribution in [0.4, 0.5) is 0 Å². The number of likely N-dealkylation sites (tertiary alicyclic amines) is 1. The van der Waals surface area contributed by atoms with Crippen LogP contribution >= 0.6 is 0 Å². The molecule has 1 rings (SSSR count). The summed E-state index contributed by atoms with van der Waals surface area (Å²) in [6.45, 7) is 3.05. The number of carbonyl (C=O) groups excluding carboxylic acids is 3. The number of nitrogens with two attached hydrogens (primary N) is 1.